The zero-order valence-electron chi connectivity index (χ0n) is 13.3. The van der Waals surface area contributed by atoms with Crippen LogP contribution in [0.4, 0.5) is 10.2 Å². The Kier molecular flexibility index (Phi) is 3.84. The van der Waals surface area contributed by atoms with Crippen molar-refractivity contribution in [3.8, 4) is 0 Å². The molecule has 1 aromatic carbocycles. The van der Waals surface area contributed by atoms with Crippen molar-refractivity contribution in [2.24, 2.45) is 0 Å². The zero-order valence-corrected chi connectivity index (χ0v) is 14.0. The topological polar surface area (TPSA) is 55.6 Å². The summed E-state index contributed by atoms with van der Waals surface area (Å²) in [6.07, 6.45) is 3.05. The molecule has 1 N–H and O–H groups in total. The van der Waals surface area contributed by atoms with Crippen molar-refractivity contribution in [1.29, 1.82) is 0 Å². The van der Waals surface area contributed by atoms with Crippen molar-refractivity contribution >= 4 is 28.5 Å². The molecule has 1 aliphatic carbocycles. The summed E-state index contributed by atoms with van der Waals surface area (Å²) in [6, 6.07) is 6.81. The van der Waals surface area contributed by atoms with Crippen LogP contribution in [0.15, 0.2) is 24.3 Å². The van der Waals surface area contributed by atoms with Gasteiger partial charge in [0.05, 0.1) is 17.1 Å². The molecule has 0 unspecified atom stereocenters. The molecule has 0 bridgehead atoms. The summed E-state index contributed by atoms with van der Waals surface area (Å²) >= 11 is 6.12. The minimum Gasteiger partial charge on any atom is -0.365 e. The first-order valence-corrected chi connectivity index (χ1v) is 8.46. The highest BCUT2D eigenvalue weighted by Crippen LogP contribution is 2.38. The average Bonchev–Trinajstić information content (AvgIpc) is 3.35. The van der Waals surface area contributed by atoms with Crippen LogP contribution < -0.4 is 5.32 Å². The first kappa shape index (κ1) is 15.3. The maximum Gasteiger partial charge on any atom is 0.226 e. The monoisotopic (exact) mass is 345 g/mol. The highest BCUT2D eigenvalue weighted by molar-refractivity contribution is 6.28. The lowest BCUT2D eigenvalue weighted by Gasteiger charge is -2.08. The Morgan fingerprint density at radius 1 is 1.25 bits per heavy atom. The first-order valence-electron chi connectivity index (χ1n) is 8.08. The Labute approximate surface area is 143 Å². The summed E-state index contributed by atoms with van der Waals surface area (Å²) in [6.45, 7) is 2.60. The number of hydrogen-bond acceptors (Lipinski definition) is 4. The number of fused-ring (bicyclic) bond motifs is 1. The Morgan fingerprint density at radius 2 is 2.00 bits per heavy atom. The molecule has 24 heavy (non-hydrogen) atoms. The molecule has 2 heterocycles. The smallest absolute Gasteiger partial charge is 0.226 e. The molecule has 1 aliphatic rings. The number of aryl methyl sites for hydroxylation is 1. The average molecular weight is 346 g/mol. The molecule has 0 spiro atoms. The number of rotatable bonds is 5. The lowest BCUT2D eigenvalue weighted by atomic mass is 10.2. The van der Waals surface area contributed by atoms with Gasteiger partial charge in [-0.3, -0.25) is 0 Å². The highest BCUT2D eigenvalue weighted by atomic mass is 35.5. The van der Waals surface area contributed by atoms with E-state index in [1.54, 1.807) is 12.1 Å². The zero-order chi connectivity index (χ0) is 16.7. The fourth-order valence-corrected chi connectivity index (χ4v) is 2.98. The minimum absolute atomic E-state index is 0.202. The van der Waals surface area contributed by atoms with Gasteiger partial charge in [-0.1, -0.05) is 19.1 Å². The molecular weight excluding hydrogens is 329 g/mol. The Balaban J connectivity index is 1.72. The van der Waals surface area contributed by atoms with E-state index in [-0.39, 0.29) is 11.1 Å². The van der Waals surface area contributed by atoms with Gasteiger partial charge in [0.1, 0.15) is 11.6 Å². The van der Waals surface area contributed by atoms with Crippen LogP contribution in [0.25, 0.3) is 11.0 Å². The second-order valence-electron chi connectivity index (χ2n) is 6.00. The molecule has 7 heteroatoms. The van der Waals surface area contributed by atoms with Crippen LogP contribution in [0.1, 0.15) is 37.1 Å². The third-order valence-corrected chi connectivity index (χ3v) is 4.37. The molecule has 3 aromatic rings. The number of nitrogens with one attached hydrogen (secondary N) is 1. The lowest BCUT2D eigenvalue weighted by molar-refractivity contribution is 0.627. The van der Waals surface area contributed by atoms with Crippen molar-refractivity contribution in [3.05, 3.63) is 46.6 Å². The Hall–Kier alpha value is -2.21. The molecular formula is C17H17ClFN5. The van der Waals surface area contributed by atoms with E-state index in [2.05, 4.69) is 22.2 Å². The Bertz CT molecular complexity index is 886. The number of anilines is 1. The second kappa shape index (κ2) is 6.02. The van der Waals surface area contributed by atoms with Crippen LogP contribution in [-0.2, 0) is 13.0 Å². The van der Waals surface area contributed by atoms with Crippen LogP contribution in [0, 0.1) is 5.82 Å². The largest absolute Gasteiger partial charge is 0.365 e. The summed E-state index contributed by atoms with van der Waals surface area (Å²) in [5.74, 6) is 0.434. The van der Waals surface area contributed by atoms with Crippen molar-refractivity contribution in [2.75, 3.05) is 5.32 Å². The molecule has 0 amide bonds. The normalized spacial score (nSPS) is 14.3. The van der Waals surface area contributed by atoms with Crippen molar-refractivity contribution in [2.45, 2.75) is 38.8 Å². The van der Waals surface area contributed by atoms with Crippen LogP contribution in [-0.4, -0.2) is 19.7 Å². The van der Waals surface area contributed by atoms with Gasteiger partial charge in [-0.05, 0) is 48.6 Å². The third-order valence-electron chi connectivity index (χ3n) is 4.20. The van der Waals surface area contributed by atoms with Gasteiger partial charge >= 0.3 is 0 Å². The maximum atomic E-state index is 13.0. The molecule has 0 radical (unpaired) electrons. The highest BCUT2D eigenvalue weighted by Gasteiger charge is 2.29. The predicted molar refractivity (Wildman–Crippen MR) is 91.7 cm³/mol. The van der Waals surface area contributed by atoms with Crippen LogP contribution in [0.3, 0.4) is 0 Å². The van der Waals surface area contributed by atoms with Crippen molar-refractivity contribution in [3.63, 3.8) is 0 Å². The van der Waals surface area contributed by atoms with Gasteiger partial charge in [-0.2, -0.15) is 15.1 Å². The molecule has 5 nitrogen and oxygen atoms in total. The standard InChI is InChI=1S/C17H17ClFN5/c1-2-13-14-15(20-9-10-3-5-11(19)6-4-10)21-17(18)22-16(14)24(23-13)12-7-8-12/h3-6,12H,2,7-9H2,1H3,(H,20,21,22). The van der Waals surface area contributed by atoms with E-state index in [4.69, 9.17) is 16.7 Å². The van der Waals surface area contributed by atoms with Gasteiger partial charge in [-0.25, -0.2) is 9.07 Å². The molecule has 1 fully saturated rings. The van der Waals surface area contributed by atoms with Gasteiger partial charge in [0.15, 0.2) is 5.65 Å². The van der Waals surface area contributed by atoms with E-state index in [0.29, 0.717) is 18.4 Å². The number of hydrogen-bond donors (Lipinski definition) is 1. The van der Waals surface area contributed by atoms with Crippen molar-refractivity contribution in [1.82, 2.24) is 19.7 Å². The van der Waals surface area contributed by atoms with E-state index in [0.717, 1.165) is 41.6 Å². The summed E-state index contributed by atoms with van der Waals surface area (Å²) in [5.41, 5.74) is 2.72. The summed E-state index contributed by atoms with van der Waals surface area (Å²) < 4.78 is 15.0. The van der Waals surface area contributed by atoms with E-state index >= 15 is 0 Å². The second-order valence-corrected chi connectivity index (χ2v) is 6.33. The van der Waals surface area contributed by atoms with Gasteiger partial charge in [0, 0.05) is 6.54 Å². The van der Waals surface area contributed by atoms with Crippen molar-refractivity contribution < 1.29 is 4.39 Å². The first-order chi connectivity index (χ1) is 11.7. The predicted octanol–water partition coefficient (Wildman–Crippen LogP) is 4.13. The maximum absolute atomic E-state index is 13.0. The summed E-state index contributed by atoms with van der Waals surface area (Å²) in [4.78, 5) is 8.75. The summed E-state index contributed by atoms with van der Waals surface area (Å²) in [5, 5.41) is 9.13. The van der Waals surface area contributed by atoms with Gasteiger partial charge < -0.3 is 5.32 Å². The molecule has 124 valence electrons. The number of halogens is 2. The van der Waals surface area contributed by atoms with E-state index in [1.807, 2.05) is 4.68 Å². The molecule has 1 saturated carbocycles. The van der Waals surface area contributed by atoms with Gasteiger partial charge in [0.25, 0.3) is 0 Å². The molecule has 0 aliphatic heterocycles. The number of benzene rings is 1. The SMILES string of the molecule is CCc1nn(C2CC2)c2nc(Cl)nc(NCc3ccc(F)cc3)c12. The Morgan fingerprint density at radius 3 is 2.67 bits per heavy atom. The molecule has 0 saturated heterocycles. The van der Waals surface area contributed by atoms with E-state index in [9.17, 15) is 4.39 Å². The molecule has 4 rings (SSSR count). The van der Waals surface area contributed by atoms with E-state index < -0.39 is 0 Å². The molecule has 0 atom stereocenters. The summed E-state index contributed by atoms with van der Waals surface area (Å²) in [7, 11) is 0. The van der Waals surface area contributed by atoms with Gasteiger partial charge in [0.2, 0.25) is 5.28 Å². The minimum atomic E-state index is -0.245. The third kappa shape index (κ3) is 2.82. The number of aromatic nitrogens is 4. The quantitative estimate of drug-likeness (QED) is 0.706. The van der Waals surface area contributed by atoms with E-state index in [1.165, 1.54) is 12.1 Å². The fraction of sp³-hybridized carbons (Fsp3) is 0.353. The van der Waals surface area contributed by atoms with Crippen LogP contribution >= 0.6 is 11.6 Å². The number of nitrogens with zero attached hydrogens (tertiary/aromatic N) is 4. The van der Waals surface area contributed by atoms with Crippen LogP contribution in [0.5, 0.6) is 0 Å². The van der Waals surface area contributed by atoms with Crippen LogP contribution in [0.2, 0.25) is 5.28 Å². The lowest BCUT2D eigenvalue weighted by Crippen LogP contribution is -2.04. The van der Waals surface area contributed by atoms with Gasteiger partial charge in [-0.15, -0.1) is 0 Å². The molecule has 2 aromatic heterocycles. The fourth-order valence-electron chi connectivity index (χ4n) is 2.82.